The monoisotopic (exact) mass is 348 g/mol. The maximum atomic E-state index is 12.4. The quantitative estimate of drug-likeness (QED) is 0.831. The number of rotatable bonds is 4. The second-order valence-electron chi connectivity index (χ2n) is 7.19. The van der Waals surface area contributed by atoms with Crippen molar-refractivity contribution in [1.82, 2.24) is 20.0 Å². The molecule has 0 saturated carbocycles. The molecular formula is C17H24N4O4. The summed E-state index contributed by atoms with van der Waals surface area (Å²) in [4.78, 5) is 38.9. The van der Waals surface area contributed by atoms with Gasteiger partial charge in [0.2, 0.25) is 11.8 Å². The van der Waals surface area contributed by atoms with Crippen LogP contribution < -0.4 is 0 Å². The minimum atomic E-state index is -0.939. The van der Waals surface area contributed by atoms with Gasteiger partial charge in [-0.3, -0.25) is 14.7 Å². The van der Waals surface area contributed by atoms with Crippen LogP contribution >= 0.6 is 0 Å². The number of amides is 2. The number of nitrogens with one attached hydrogen (secondary N) is 1. The summed E-state index contributed by atoms with van der Waals surface area (Å²) in [6.07, 6.45) is 6.60. The highest BCUT2D eigenvalue weighted by Crippen LogP contribution is 2.43. The lowest BCUT2D eigenvalue weighted by molar-refractivity contribution is -0.147. The zero-order valence-electron chi connectivity index (χ0n) is 14.4. The fraction of sp³-hybridized carbons (Fsp3) is 0.647. The predicted molar refractivity (Wildman–Crippen MR) is 88.6 cm³/mol. The number of carboxylic acids is 1. The normalized spacial score (nSPS) is 22.4. The molecule has 2 saturated heterocycles. The van der Waals surface area contributed by atoms with Crippen molar-refractivity contribution < 1.29 is 19.5 Å². The van der Waals surface area contributed by atoms with Crippen molar-refractivity contribution in [3.8, 4) is 0 Å². The maximum Gasteiger partial charge on any atom is 0.326 e. The number of H-pyrrole nitrogens is 1. The molecule has 0 unspecified atom stereocenters. The third-order valence-corrected chi connectivity index (χ3v) is 5.56. The number of nitrogens with zero attached hydrogens (tertiary/aromatic N) is 3. The summed E-state index contributed by atoms with van der Waals surface area (Å²) in [5.74, 6) is -1.01. The molecule has 3 rings (SSSR count). The topological polar surface area (TPSA) is 107 Å². The molecule has 0 aromatic carbocycles. The summed E-state index contributed by atoms with van der Waals surface area (Å²) in [7, 11) is 0. The second kappa shape index (κ2) is 6.85. The number of aryl methyl sites for hydroxylation is 1. The van der Waals surface area contributed by atoms with E-state index in [-0.39, 0.29) is 17.2 Å². The summed E-state index contributed by atoms with van der Waals surface area (Å²) < 4.78 is 0. The Morgan fingerprint density at radius 3 is 2.60 bits per heavy atom. The first-order valence-electron chi connectivity index (χ1n) is 8.66. The van der Waals surface area contributed by atoms with E-state index in [1.54, 1.807) is 12.4 Å². The van der Waals surface area contributed by atoms with Gasteiger partial charge < -0.3 is 14.9 Å². The first kappa shape index (κ1) is 17.4. The lowest BCUT2D eigenvalue weighted by Crippen LogP contribution is -2.44. The zero-order valence-corrected chi connectivity index (χ0v) is 14.4. The van der Waals surface area contributed by atoms with Crippen LogP contribution in [0.1, 0.15) is 38.2 Å². The van der Waals surface area contributed by atoms with Gasteiger partial charge in [0.1, 0.15) is 6.04 Å². The van der Waals surface area contributed by atoms with Gasteiger partial charge in [0, 0.05) is 39.2 Å². The van der Waals surface area contributed by atoms with E-state index in [1.807, 2.05) is 4.90 Å². The first-order valence-corrected chi connectivity index (χ1v) is 8.66. The molecule has 0 radical (unpaired) electrons. The van der Waals surface area contributed by atoms with E-state index in [0.29, 0.717) is 38.9 Å². The summed E-state index contributed by atoms with van der Waals surface area (Å²) in [5.41, 5.74) is 0.842. The number of hydrogen-bond acceptors (Lipinski definition) is 4. The summed E-state index contributed by atoms with van der Waals surface area (Å²) in [5, 5.41) is 16.0. The maximum absolute atomic E-state index is 12.4. The Morgan fingerprint density at radius 1 is 1.36 bits per heavy atom. The van der Waals surface area contributed by atoms with Crippen molar-refractivity contribution in [2.24, 2.45) is 5.41 Å². The Kier molecular flexibility index (Phi) is 4.78. The van der Waals surface area contributed by atoms with Gasteiger partial charge in [0.05, 0.1) is 6.20 Å². The minimum Gasteiger partial charge on any atom is -0.480 e. The molecule has 8 heteroatoms. The fourth-order valence-electron chi connectivity index (χ4n) is 4.02. The van der Waals surface area contributed by atoms with Crippen molar-refractivity contribution in [2.45, 2.75) is 45.1 Å². The van der Waals surface area contributed by atoms with E-state index >= 15 is 0 Å². The number of carbonyl (C=O) groups excluding carboxylic acids is 2. The second-order valence-corrected chi connectivity index (χ2v) is 7.19. The Hall–Kier alpha value is -2.38. The van der Waals surface area contributed by atoms with Gasteiger partial charge in [-0.25, -0.2) is 4.79 Å². The number of aliphatic carboxylic acids is 1. The molecule has 1 aromatic heterocycles. The average Bonchev–Trinajstić information content (AvgIpc) is 3.21. The number of likely N-dealkylation sites (tertiary alicyclic amines) is 2. The van der Waals surface area contributed by atoms with Crippen molar-refractivity contribution in [3.63, 3.8) is 0 Å². The van der Waals surface area contributed by atoms with Gasteiger partial charge in [-0.05, 0) is 36.7 Å². The van der Waals surface area contributed by atoms with Crippen LogP contribution in [-0.2, 0) is 20.8 Å². The fourth-order valence-corrected chi connectivity index (χ4v) is 4.02. The molecule has 8 nitrogen and oxygen atoms in total. The van der Waals surface area contributed by atoms with E-state index in [1.165, 1.54) is 11.8 Å². The van der Waals surface area contributed by atoms with E-state index in [0.717, 1.165) is 18.4 Å². The molecule has 0 bridgehead atoms. The molecule has 136 valence electrons. The molecule has 2 aliphatic heterocycles. The molecule has 2 fully saturated rings. The number of piperidine rings is 1. The number of carbonyl (C=O) groups is 3. The van der Waals surface area contributed by atoms with Crippen molar-refractivity contribution in [1.29, 1.82) is 0 Å². The highest BCUT2D eigenvalue weighted by molar-refractivity contribution is 5.83. The summed E-state index contributed by atoms with van der Waals surface area (Å²) >= 11 is 0. The molecule has 1 aromatic rings. The highest BCUT2D eigenvalue weighted by atomic mass is 16.4. The highest BCUT2D eigenvalue weighted by Gasteiger charge is 2.49. The smallest absolute Gasteiger partial charge is 0.326 e. The van der Waals surface area contributed by atoms with Crippen LogP contribution in [0, 0.1) is 5.41 Å². The van der Waals surface area contributed by atoms with Crippen LogP contribution in [0.5, 0.6) is 0 Å². The molecular weight excluding hydrogens is 324 g/mol. The van der Waals surface area contributed by atoms with Gasteiger partial charge in [0.25, 0.3) is 0 Å². The van der Waals surface area contributed by atoms with Crippen LogP contribution in [0.3, 0.4) is 0 Å². The van der Waals surface area contributed by atoms with Gasteiger partial charge in [-0.1, -0.05) is 0 Å². The number of aromatic amines is 1. The summed E-state index contributed by atoms with van der Waals surface area (Å²) in [6, 6.07) is -0.735. The van der Waals surface area contributed by atoms with E-state index in [4.69, 9.17) is 0 Å². The molecule has 2 amide bonds. The van der Waals surface area contributed by atoms with E-state index in [2.05, 4.69) is 10.2 Å². The van der Waals surface area contributed by atoms with Crippen LogP contribution in [-0.4, -0.2) is 68.6 Å². The Bertz CT molecular complexity index is 626. The van der Waals surface area contributed by atoms with Crippen LogP contribution in [0.4, 0.5) is 0 Å². The Morgan fingerprint density at radius 2 is 2.08 bits per heavy atom. The summed E-state index contributed by atoms with van der Waals surface area (Å²) in [6.45, 7) is 3.16. The molecule has 3 heterocycles. The predicted octanol–water partition coefficient (Wildman–Crippen LogP) is 0.656. The molecule has 2 N–H and O–H groups in total. The Labute approximate surface area is 146 Å². The van der Waals surface area contributed by atoms with E-state index < -0.39 is 12.0 Å². The lowest BCUT2D eigenvalue weighted by atomic mass is 9.76. The molecule has 1 atom stereocenters. The first-order chi connectivity index (χ1) is 11.9. The van der Waals surface area contributed by atoms with Gasteiger partial charge in [-0.2, -0.15) is 5.10 Å². The van der Waals surface area contributed by atoms with Crippen molar-refractivity contribution in [3.05, 3.63) is 18.0 Å². The van der Waals surface area contributed by atoms with Crippen LogP contribution in [0.25, 0.3) is 0 Å². The standard InChI is InChI=1S/C17H24N4O4/c1-12(22)21-11-17(8-14(21)16(24)25)4-6-20(7-5-17)15(23)3-2-13-9-18-19-10-13/h9-10,14H,2-8,11H2,1H3,(H,18,19)(H,24,25)/t14-/m1/s1. The Balaban J connectivity index is 1.55. The number of hydrogen-bond donors (Lipinski definition) is 2. The van der Waals surface area contributed by atoms with Gasteiger partial charge >= 0.3 is 5.97 Å². The van der Waals surface area contributed by atoms with Crippen molar-refractivity contribution >= 4 is 17.8 Å². The third kappa shape index (κ3) is 3.67. The third-order valence-electron chi connectivity index (χ3n) is 5.56. The van der Waals surface area contributed by atoms with Crippen LogP contribution in [0.15, 0.2) is 12.4 Å². The zero-order chi connectivity index (χ0) is 18.0. The molecule has 2 aliphatic rings. The number of aromatic nitrogens is 2. The number of carboxylic acid groups (broad SMARTS) is 1. The largest absolute Gasteiger partial charge is 0.480 e. The SMILES string of the molecule is CC(=O)N1CC2(CCN(C(=O)CCc3cn[nH]c3)CC2)C[C@@H]1C(=O)O. The molecule has 1 spiro atoms. The molecule has 25 heavy (non-hydrogen) atoms. The van der Waals surface area contributed by atoms with E-state index in [9.17, 15) is 19.5 Å². The van der Waals surface area contributed by atoms with Gasteiger partial charge in [0.15, 0.2) is 0 Å². The van der Waals surface area contributed by atoms with Crippen LogP contribution in [0.2, 0.25) is 0 Å². The van der Waals surface area contributed by atoms with Gasteiger partial charge in [-0.15, -0.1) is 0 Å². The lowest BCUT2D eigenvalue weighted by Gasteiger charge is -2.39. The van der Waals surface area contributed by atoms with Crippen molar-refractivity contribution in [2.75, 3.05) is 19.6 Å². The molecule has 0 aliphatic carbocycles. The average molecular weight is 348 g/mol. The minimum absolute atomic E-state index is 0.118.